The van der Waals surface area contributed by atoms with Gasteiger partial charge in [0.05, 0.1) is 5.92 Å². The molecule has 1 fully saturated rings. The highest BCUT2D eigenvalue weighted by molar-refractivity contribution is 5.89. The number of aliphatic carboxylic acids is 1. The Labute approximate surface area is 199 Å². The number of alkyl carbamates (subject to hydrolysis) is 1. The van der Waals surface area contributed by atoms with E-state index in [9.17, 15) is 19.5 Å². The summed E-state index contributed by atoms with van der Waals surface area (Å²) >= 11 is 0. The van der Waals surface area contributed by atoms with Crippen LogP contribution in [0.5, 0.6) is 0 Å². The summed E-state index contributed by atoms with van der Waals surface area (Å²) in [5.41, 5.74) is 3.31. The van der Waals surface area contributed by atoms with Crippen molar-refractivity contribution >= 4 is 18.0 Å². The SMILES string of the molecule is CCC(CC)(NC(=O)[C@@H]1CCC[C@@H]1NC(=O)OCC1c2ccccc2-c2ccccc21)C(=O)O. The van der Waals surface area contributed by atoms with Crippen LogP contribution in [0.4, 0.5) is 4.79 Å². The molecule has 34 heavy (non-hydrogen) atoms. The van der Waals surface area contributed by atoms with Crippen LogP contribution >= 0.6 is 0 Å². The van der Waals surface area contributed by atoms with Crippen molar-refractivity contribution in [2.75, 3.05) is 6.61 Å². The molecule has 2 aromatic carbocycles. The van der Waals surface area contributed by atoms with Crippen molar-refractivity contribution in [1.29, 1.82) is 0 Å². The minimum atomic E-state index is -1.28. The molecular formula is C27H32N2O5. The Bertz CT molecular complexity index is 1030. The van der Waals surface area contributed by atoms with Crippen molar-refractivity contribution in [3.8, 4) is 11.1 Å². The molecule has 0 aromatic heterocycles. The summed E-state index contributed by atoms with van der Waals surface area (Å²) in [7, 11) is 0. The highest BCUT2D eigenvalue weighted by Gasteiger charge is 2.41. The monoisotopic (exact) mass is 464 g/mol. The number of amides is 2. The minimum absolute atomic E-state index is 0.0360. The number of nitrogens with one attached hydrogen (secondary N) is 2. The molecule has 7 heteroatoms. The number of carbonyl (C=O) groups excluding carboxylic acids is 2. The van der Waals surface area contributed by atoms with Crippen molar-refractivity contribution < 1.29 is 24.2 Å². The van der Waals surface area contributed by atoms with Crippen LogP contribution in [0, 0.1) is 5.92 Å². The van der Waals surface area contributed by atoms with E-state index < -0.39 is 23.5 Å². The number of benzene rings is 2. The standard InChI is InChI=1S/C27H32N2O5/c1-3-27(4-2,25(31)32)29-24(30)21-14-9-15-23(21)28-26(33)34-16-22-19-12-7-5-10-17(19)18-11-6-8-13-20(18)22/h5-8,10-13,21-23H,3-4,9,14-16H2,1-2H3,(H,28,33)(H,29,30)(H,31,32)/t21-,23+/m1/s1. The van der Waals surface area contributed by atoms with Crippen molar-refractivity contribution in [1.82, 2.24) is 10.6 Å². The van der Waals surface area contributed by atoms with Crippen LogP contribution in [0.25, 0.3) is 11.1 Å². The first kappa shape index (κ1) is 23.8. The molecule has 0 radical (unpaired) electrons. The van der Waals surface area contributed by atoms with E-state index in [0.717, 1.165) is 28.7 Å². The fourth-order valence-corrected chi connectivity index (χ4v) is 5.35. The van der Waals surface area contributed by atoms with Gasteiger partial charge in [0, 0.05) is 12.0 Å². The van der Waals surface area contributed by atoms with Gasteiger partial charge in [0.1, 0.15) is 12.1 Å². The Kier molecular flexibility index (Phi) is 6.91. The smallest absolute Gasteiger partial charge is 0.407 e. The van der Waals surface area contributed by atoms with Gasteiger partial charge in [-0.25, -0.2) is 9.59 Å². The Balaban J connectivity index is 1.39. The molecule has 0 saturated heterocycles. The average Bonchev–Trinajstić information content (AvgIpc) is 3.43. The highest BCUT2D eigenvalue weighted by Crippen LogP contribution is 2.44. The summed E-state index contributed by atoms with van der Waals surface area (Å²) in [4.78, 5) is 37.4. The molecule has 2 atom stereocenters. The Hall–Kier alpha value is -3.35. The maximum Gasteiger partial charge on any atom is 0.407 e. The lowest BCUT2D eigenvalue weighted by molar-refractivity contribution is -0.148. The lowest BCUT2D eigenvalue weighted by atomic mass is 9.91. The molecule has 0 bridgehead atoms. The van der Waals surface area contributed by atoms with Gasteiger partial charge in [0.25, 0.3) is 0 Å². The second-order valence-corrected chi connectivity index (χ2v) is 9.20. The molecule has 2 aliphatic rings. The van der Waals surface area contributed by atoms with Crippen LogP contribution < -0.4 is 10.6 Å². The van der Waals surface area contributed by atoms with Crippen LogP contribution in [0.15, 0.2) is 48.5 Å². The fraction of sp³-hybridized carbons (Fsp3) is 0.444. The van der Waals surface area contributed by atoms with Gasteiger partial charge in [0.2, 0.25) is 5.91 Å². The van der Waals surface area contributed by atoms with E-state index in [1.165, 1.54) is 0 Å². The van der Waals surface area contributed by atoms with E-state index in [2.05, 4.69) is 34.9 Å². The third-order valence-corrected chi connectivity index (χ3v) is 7.48. The predicted molar refractivity (Wildman–Crippen MR) is 128 cm³/mol. The van der Waals surface area contributed by atoms with Gasteiger partial charge in [-0.2, -0.15) is 0 Å². The Morgan fingerprint density at radius 1 is 0.971 bits per heavy atom. The summed E-state index contributed by atoms with van der Waals surface area (Å²) in [6.07, 6.45) is 2.07. The van der Waals surface area contributed by atoms with Crippen LogP contribution in [-0.4, -0.2) is 41.3 Å². The maximum atomic E-state index is 13.0. The second-order valence-electron chi connectivity index (χ2n) is 9.20. The zero-order valence-electron chi connectivity index (χ0n) is 19.7. The molecule has 180 valence electrons. The number of carboxylic acid groups (broad SMARTS) is 1. The molecule has 2 aliphatic carbocycles. The largest absolute Gasteiger partial charge is 0.480 e. The van der Waals surface area contributed by atoms with E-state index in [1.54, 1.807) is 13.8 Å². The summed E-state index contributed by atoms with van der Waals surface area (Å²) in [6, 6.07) is 15.9. The summed E-state index contributed by atoms with van der Waals surface area (Å²) < 4.78 is 5.64. The molecule has 3 N–H and O–H groups in total. The lowest BCUT2D eigenvalue weighted by Gasteiger charge is -2.30. The zero-order chi connectivity index (χ0) is 24.3. The van der Waals surface area contributed by atoms with E-state index in [4.69, 9.17) is 4.74 Å². The molecular weight excluding hydrogens is 432 g/mol. The number of fused-ring (bicyclic) bond motifs is 3. The first-order chi connectivity index (χ1) is 16.4. The lowest BCUT2D eigenvalue weighted by Crippen LogP contribution is -2.57. The number of rotatable bonds is 8. The second kappa shape index (κ2) is 9.87. The number of carboxylic acids is 1. The van der Waals surface area contributed by atoms with E-state index >= 15 is 0 Å². The highest BCUT2D eigenvalue weighted by atomic mass is 16.5. The Morgan fingerprint density at radius 3 is 2.12 bits per heavy atom. The van der Waals surface area contributed by atoms with Gasteiger partial charge < -0.3 is 20.5 Å². The summed E-state index contributed by atoms with van der Waals surface area (Å²) in [6.45, 7) is 3.70. The molecule has 0 aliphatic heterocycles. The number of ether oxygens (including phenoxy) is 1. The van der Waals surface area contributed by atoms with Crippen LogP contribution in [0.2, 0.25) is 0 Å². The van der Waals surface area contributed by atoms with Crippen molar-refractivity contribution in [2.24, 2.45) is 5.92 Å². The van der Waals surface area contributed by atoms with Crippen molar-refractivity contribution in [3.05, 3.63) is 59.7 Å². The molecule has 0 spiro atoms. The summed E-state index contributed by atoms with van der Waals surface area (Å²) in [5, 5.41) is 15.2. The maximum absolute atomic E-state index is 13.0. The third kappa shape index (κ3) is 4.39. The van der Waals surface area contributed by atoms with Gasteiger partial charge in [-0.3, -0.25) is 4.79 Å². The molecule has 2 aromatic rings. The van der Waals surface area contributed by atoms with E-state index in [1.807, 2.05) is 24.3 Å². The first-order valence-electron chi connectivity index (χ1n) is 12.1. The molecule has 0 unspecified atom stereocenters. The molecule has 0 heterocycles. The van der Waals surface area contributed by atoms with E-state index in [-0.39, 0.29) is 24.5 Å². The predicted octanol–water partition coefficient (Wildman–Crippen LogP) is 4.45. The van der Waals surface area contributed by atoms with Crippen molar-refractivity contribution in [3.63, 3.8) is 0 Å². The number of hydrogen-bond donors (Lipinski definition) is 3. The van der Waals surface area contributed by atoms with Crippen LogP contribution in [-0.2, 0) is 14.3 Å². The van der Waals surface area contributed by atoms with Gasteiger partial charge >= 0.3 is 12.1 Å². The third-order valence-electron chi connectivity index (χ3n) is 7.48. The van der Waals surface area contributed by atoms with Gasteiger partial charge in [-0.05, 0) is 47.9 Å². The normalized spacial score (nSPS) is 19.2. The number of carbonyl (C=O) groups is 3. The molecule has 7 nitrogen and oxygen atoms in total. The Morgan fingerprint density at radius 2 is 1.56 bits per heavy atom. The van der Waals surface area contributed by atoms with Crippen molar-refractivity contribution in [2.45, 2.75) is 63.5 Å². The van der Waals surface area contributed by atoms with Gasteiger partial charge in [-0.1, -0.05) is 68.8 Å². The first-order valence-corrected chi connectivity index (χ1v) is 12.1. The molecule has 4 rings (SSSR count). The van der Waals surface area contributed by atoms with Gasteiger partial charge in [0.15, 0.2) is 0 Å². The molecule has 1 saturated carbocycles. The van der Waals surface area contributed by atoms with Crippen LogP contribution in [0.3, 0.4) is 0 Å². The summed E-state index contributed by atoms with van der Waals surface area (Å²) in [5.74, 6) is -1.87. The average molecular weight is 465 g/mol. The zero-order valence-corrected chi connectivity index (χ0v) is 19.7. The fourth-order valence-electron chi connectivity index (χ4n) is 5.35. The molecule has 2 amide bonds. The quantitative estimate of drug-likeness (QED) is 0.535. The number of hydrogen-bond acceptors (Lipinski definition) is 4. The van der Waals surface area contributed by atoms with E-state index in [0.29, 0.717) is 25.7 Å². The topological polar surface area (TPSA) is 105 Å². The van der Waals surface area contributed by atoms with Crippen LogP contribution in [0.1, 0.15) is 63.0 Å². The van der Waals surface area contributed by atoms with Gasteiger partial charge in [-0.15, -0.1) is 0 Å². The minimum Gasteiger partial charge on any atom is -0.480 e.